The third-order valence-electron chi connectivity index (χ3n) is 5.69. The van der Waals surface area contributed by atoms with Gasteiger partial charge in [-0.05, 0) is 25.1 Å². The number of ether oxygens (including phenoxy) is 1. The van der Waals surface area contributed by atoms with E-state index in [0.717, 1.165) is 16.9 Å². The van der Waals surface area contributed by atoms with Crippen molar-refractivity contribution in [3.63, 3.8) is 0 Å². The van der Waals surface area contributed by atoms with Gasteiger partial charge in [0.25, 0.3) is 5.91 Å². The van der Waals surface area contributed by atoms with Crippen LogP contribution in [0.5, 0.6) is 5.75 Å². The minimum absolute atomic E-state index is 0.133. The molecule has 3 aromatic carbocycles. The molecule has 1 aliphatic heterocycles. The number of amides is 1. The molecule has 5 heteroatoms. The van der Waals surface area contributed by atoms with Gasteiger partial charge in [-0.2, -0.15) is 0 Å². The van der Waals surface area contributed by atoms with Crippen LogP contribution in [0.1, 0.15) is 33.9 Å². The smallest absolute Gasteiger partial charge is 0.255 e. The summed E-state index contributed by atoms with van der Waals surface area (Å²) in [5.41, 5.74) is 2.78. The molecule has 4 aromatic rings. The predicted octanol–water partition coefficient (Wildman–Crippen LogP) is 5.02. The summed E-state index contributed by atoms with van der Waals surface area (Å²) in [4.78, 5) is 26.3. The second-order valence-corrected chi connectivity index (χ2v) is 7.63. The van der Waals surface area contributed by atoms with Crippen LogP contribution in [0, 0.1) is 6.92 Å². The molecule has 0 unspecified atom stereocenters. The number of para-hydroxylation sites is 2. The van der Waals surface area contributed by atoms with Crippen molar-refractivity contribution in [3.05, 3.63) is 99.7 Å². The number of hydrogen-bond donors (Lipinski definition) is 1. The van der Waals surface area contributed by atoms with E-state index in [0.29, 0.717) is 40.9 Å². The molecule has 5 nitrogen and oxygen atoms in total. The Morgan fingerprint density at radius 2 is 1.74 bits per heavy atom. The van der Waals surface area contributed by atoms with E-state index in [1.54, 1.807) is 25.1 Å². The Hall–Kier alpha value is -3.86. The third-order valence-corrected chi connectivity index (χ3v) is 5.69. The molecule has 1 N–H and O–H groups in total. The maximum Gasteiger partial charge on any atom is 0.255 e. The van der Waals surface area contributed by atoms with E-state index >= 15 is 0 Å². The quantitative estimate of drug-likeness (QED) is 0.514. The minimum Gasteiger partial charge on any atom is -0.493 e. The summed E-state index contributed by atoms with van der Waals surface area (Å²) in [5.74, 6) is 0.985. The Morgan fingerprint density at radius 3 is 2.58 bits per heavy atom. The van der Waals surface area contributed by atoms with Gasteiger partial charge in [0.2, 0.25) is 0 Å². The van der Waals surface area contributed by atoms with Crippen molar-refractivity contribution < 1.29 is 13.9 Å². The average Bonchev–Trinajstić information content (AvgIpc) is 2.82. The van der Waals surface area contributed by atoms with E-state index in [1.165, 1.54) is 0 Å². The van der Waals surface area contributed by atoms with Gasteiger partial charge < -0.3 is 14.5 Å². The molecule has 0 saturated carbocycles. The van der Waals surface area contributed by atoms with Gasteiger partial charge in [-0.15, -0.1) is 0 Å². The topological polar surface area (TPSA) is 68.5 Å². The highest BCUT2D eigenvalue weighted by atomic mass is 16.5. The monoisotopic (exact) mass is 411 g/mol. The van der Waals surface area contributed by atoms with Gasteiger partial charge in [-0.3, -0.25) is 9.59 Å². The number of nitrogens with one attached hydrogen (secondary N) is 1. The molecule has 0 aliphatic carbocycles. The Labute approximate surface area is 179 Å². The van der Waals surface area contributed by atoms with Gasteiger partial charge in [0.1, 0.15) is 11.5 Å². The Bertz CT molecular complexity index is 1340. The van der Waals surface area contributed by atoms with E-state index in [1.807, 2.05) is 54.6 Å². The van der Waals surface area contributed by atoms with Crippen molar-refractivity contribution in [2.45, 2.75) is 19.4 Å². The minimum atomic E-state index is -0.279. The van der Waals surface area contributed by atoms with Crippen LogP contribution in [-0.4, -0.2) is 12.5 Å². The number of fused-ring (bicyclic) bond motifs is 2. The molecular formula is C26H21NO4. The van der Waals surface area contributed by atoms with E-state index in [9.17, 15) is 9.59 Å². The molecular weight excluding hydrogens is 390 g/mol. The molecule has 0 fully saturated rings. The van der Waals surface area contributed by atoms with Crippen LogP contribution in [0.3, 0.4) is 0 Å². The third kappa shape index (κ3) is 3.38. The van der Waals surface area contributed by atoms with Crippen LogP contribution in [0.25, 0.3) is 22.3 Å². The van der Waals surface area contributed by atoms with Crippen LogP contribution < -0.4 is 15.5 Å². The molecule has 0 radical (unpaired) electrons. The molecule has 1 atom stereocenters. The lowest BCUT2D eigenvalue weighted by Crippen LogP contribution is -2.32. The first kappa shape index (κ1) is 19.1. The highest BCUT2D eigenvalue weighted by Gasteiger charge is 2.25. The molecule has 1 amide bonds. The zero-order chi connectivity index (χ0) is 21.4. The lowest BCUT2D eigenvalue weighted by atomic mass is 9.99. The summed E-state index contributed by atoms with van der Waals surface area (Å²) in [5, 5.41) is 3.50. The summed E-state index contributed by atoms with van der Waals surface area (Å²) in [6, 6.07) is 22.1. The molecule has 0 saturated heterocycles. The molecule has 1 aliphatic rings. The van der Waals surface area contributed by atoms with Crippen molar-refractivity contribution in [2.24, 2.45) is 0 Å². The predicted molar refractivity (Wildman–Crippen MR) is 119 cm³/mol. The summed E-state index contributed by atoms with van der Waals surface area (Å²) in [7, 11) is 0. The van der Waals surface area contributed by atoms with E-state index in [4.69, 9.17) is 9.15 Å². The first-order valence-electron chi connectivity index (χ1n) is 10.3. The lowest BCUT2D eigenvalue weighted by molar-refractivity contribution is 0.0925. The zero-order valence-corrected chi connectivity index (χ0v) is 17.1. The van der Waals surface area contributed by atoms with Crippen molar-refractivity contribution in [1.29, 1.82) is 0 Å². The molecule has 2 heterocycles. The van der Waals surface area contributed by atoms with E-state index in [2.05, 4.69) is 5.32 Å². The van der Waals surface area contributed by atoms with Gasteiger partial charge in [0, 0.05) is 23.1 Å². The Morgan fingerprint density at radius 1 is 0.968 bits per heavy atom. The second-order valence-electron chi connectivity index (χ2n) is 7.63. The second kappa shape index (κ2) is 7.76. The van der Waals surface area contributed by atoms with Crippen molar-refractivity contribution in [3.8, 4) is 17.1 Å². The number of benzene rings is 3. The molecule has 5 rings (SSSR count). The fraction of sp³-hybridized carbons (Fsp3) is 0.154. The lowest BCUT2D eigenvalue weighted by Gasteiger charge is -2.26. The van der Waals surface area contributed by atoms with E-state index in [-0.39, 0.29) is 17.4 Å². The molecule has 154 valence electrons. The van der Waals surface area contributed by atoms with Crippen LogP contribution >= 0.6 is 0 Å². The summed E-state index contributed by atoms with van der Waals surface area (Å²) < 4.78 is 11.9. The highest BCUT2D eigenvalue weighted by molar-refractivity contribution is 6.05. The van der Waals surface area contributed by atoms with Gasteiger partial charge in [-0.1, -0.05) is 54.6 Å². The van der Waals surface area contributed by atoms with Gasteiger partial charge in [0.05, 0.1) is 23.6 Å². The van der Waals surface area contributed by atoms with Crippen LogP contribution in [0.15, 0.2) is 82.0 Å². The van der Waals surface area contributed by atoms with Gasteiger partial charge in [-0.25, -0.2) is 0 Å². The number of hydrogen-bond acceptors (Lipinski definition) is 4. The molecule has 31 heavy (non-hydrogen) atoms. The van der Waals surface area contributed by atoms with E-state index < -0.39 is 0 Å². The number of carbonyl (C=O) groups is 1. The summed E-state index contributed by atoms with van der Waals surface area (Å²) >= 11 is 0. The zero-order valence-electron chi connectivity index (χ0n) is 17.1. The van der Waals surface area contributed by atoms with Crippen LogP contribution in [-0.2, 0) is 0 Å². The number of carbonyl (C=O) groups excluding carboxylic acids is 1. The SMILES string of the molecule is Cc1c(-c2ccccc2)oc2c(C(=O)N[C@H]3CCOc4ccccc43)cccc2c1=O. The van der Waals surface area contributed by atoms with Crippen molar-refractivity contribution in [1.82, 2.24) is 5.32 Å². The first-order valence-corrected chi connectivity index (χ1v) is 10.3. The molecule has 1 aromatic heterocycles. The summed E-state index contributed by atoms with van der Waals surface area (Å²) in [6.45, 7) is 2.28. The summed E-state index contributed by atoms with van der Waals surface area (Å²) in [6.07, 6.45) is 0.672. The average molecular weight is 411 g/mol. The maximum atomic E-state index is 13.3. The maximum absolute atomic E-state index is 13.3. The van der Waals surface area contributed by atoms with Crippen LogP contribution in [0.2, 0.25) is 0 Å². The molecule has 0 bridgehead atoms. The first-order chi connectivity index (χ1) is 15.1. The molecule has 0 spiro atoms. The fourth-order valence-corrected chi connectivity index (χ4v) is 4.08. The van der Waals surface area contributed by atoms with Crippen molar-refractivity contribution >= 4 is 16.9 Å². The van der Waals surface area contributed by atoms with Crippen molar-refractivity contribution in [2.75, 3.05) is 6.61 Å². The fourth-order valence-electron chi connectivity index (χ4n) is 4.08. The normalized spacial score (nSPS) is 15.2. The largest absolute Gasteiger partial charge is 0.493 e. The van der Waals surface area contributed by atoms with Gasteiger partial charge in [0.15, 0.2) is 11.0 Å². The Kier molecular flexibility index (Phi) is 4.79. The Balaban J connectivity index is 1.58. The highest BCUT2D eigenvalue weighted by Crippen LogP contribution is 2.32. The van der Waals surface area contributed by atoms with Gasteiger partial charge >= 0.3 is 0 Å². The standard InChI is InChI=1S/C26H21NO4/c1-16-23(28)19-11-7-12-20(25(19)31-24(16)17-8-3-2-4-9-17)26(29)27-21-14-15-30-22-13-6-5-10-18(21)22/h2-13,21H,14-15H2,1H3,(H,27,29)/t21-/m0/s1. The van der Waals surface area contributed by atoms with Crippen LogP contribution in [0.4, 0.5) is 0 Å². The number of rotatable bonds is 3.